The van der Waals surface area contributed by atoms with Gasteiger partial charge in [0.25, 0.3) is 0 Å². The smallest absolute Gasteiger partial charge is 0.407 e. The minimum Gasteiger partial charge on any atom is -0.461 e. The fraction of sp³-hybridized carbons (Fsp3) is 0.500. The van der Waals surface area contributed by atoms with Gasteiger partial charge in [0.2, 0.25) is 0 Å². The summed E-state index contributed by atoms with van der Waals surface area (Å²) in [5.74, 6) is -0.480. The number of aromatic nitrogens is 1. The molecule has 0 radical (unpaired) electrons. The summed E-state index contributed by atoms with van der Waals surface area (Å²) in [5, 5.41) is 2.58. The van der Waals surface area contributed by atoms with Crippen molar-refractivity contribution in [2.24, 2.45) is 0 Å². The topological polar surface area (TPSA) is 77.5 Å². The van der Waals surface area contributed by atoms with Gasteiger partial charge in [-0.2, -0.15) is 0 Å². The van der Waals surface area contributed by atoms with Gasteiger partial charge in [-0.25, -0.2) is 14.6 Å². The fourth-order valence-electron chi connectivity index (χ4n) is 1.37. The number of hydrogen-bond acceptors (Lipinski definition) is 5. The zero-order valence-electron chi connectivity index (χ0n) is 12.2. The molecule has 0 aliphatic heterocycles. The van der Waals surface area contributed by atoms with Crippen molar-refractivity contribution in [2.45, 2.75) is 39.8 Å². The maximum absolute atomic E-state index is 11.5. The lowest BCUT2D eigenvalue weighted by molar-refractivity contribution is 0.0515. The fourth-order valence-corrected chi connectivity index (χ4v) is 1.37. The molecular weight excluding hydrogens is 260 g/mol. The van der Waals surface area contributed by atoms with Gasteiger partial charge >= 0.3 is 12.1 Å². The molecule has 0 bridgehead atoms. The van der Waals surface area contributed by atoms with Gasteiger partial charge in [-0.1, -0.05) is 6.07 Å². The summed E-state index contributed by atoms with van der Waals surface area (Å²) in [4.78, 5) is 27.1. The Labute approximate surface area is 118 Å². The summed E-state index contributed by atoms with van der Waals surface area (Å²) in [6, 6.07) is 4.96. The highest BCUT2D eigenvalue weighted by Gasteiger charge is 2.16. The van der Waals surface area contributed by atoms with Crippen LogP contribution in [0.4, 0.5) is 4.79 Å². The zero-order chi connectivity index (χ0) is 15.2. The van der Waals surface area contributed by atoms with Gasteiger partial charge in [-0.05, 0) is 39.8 Å². The Bertz CT molecular complexity index is 480. The average Bonchev–Trinajstić information content (AvgIpc) is 2.35. The van der Waals surface area contributed by atoms with Gasteiger partial charge in [0.1, 0.15) is 11.3 Å². The molecule has 20 heavy (non-hydrogen) atoms. The maximum atomic E-state index is 11.5. The van der Waals surface area contributed by atoms with Crippen LogP contribution in [0.15, 0.2) is 18.2 Å². The van der Waals surface area contributed by atoms with Gasteiger partial charge < -0.3 is 14.8 Å². The van der Waals surface area contributed by atoms with Crippen molar-refractivity contribution < 1.29 is 19.1 Å². The first kappa shape index (κ1) is 15.9. The van der Waals surface area contributed by atoms with Gasteiger partial charge in [0, 0.05) is 0 Å². The molecule has 0 fully saturated rings. The molecule has 0 saturated carbocycles. The number of alkyl carbamates (subject to hydrolysis) is 1. The maximum Gasteiger partial charge on any atom is 0.407 e. The number of esters is 1. The summed E-state index contributed by atoms with van der Waals surface area (Å²) < 4.78 is 9.97. The number of ether oxygens (including phenoxy) is 2. The number of carbonyl (C=O) groups is 2. The van der Waals surface area contributed by atoms with Crippen LogP contribution >= 0.6 is 0 Å². The molecule has 1 rings (SSSR count). The number of nitrogens with zero attached hydrogens (tertiary/aromatic N) is 1. The minimum atomic E-state index is -0.551. The third-order valence-electron chi connectivity index (χ3n) is 2.10. The first-order valence-corrected chi connectivity index (χ1v) is 6.41. The molecule has 0 aliphatic carbocycles. The van der Waals surface area contributed by atoms with Crippen molar-refractivity contribution in [2.75, 3.05) is 6.61 Å². The third kappa shape index (κ3) is 5.69. The number of rotatable bonds is 4. The predicted octanol–water partition coefficient (Wildman–Crippen LogP) is 2.28. The van der Waals surface area contributed by atoms with E-state index < -0.39 is 17.7 Å². The van der Waals surface area contributed by atoms with Crippen LogP contribution in [0.1, 0.15) is 43.9 Å². The molecule has 6 heteroatoms. The molecule has 110 valence electrons. The van der Waals surface area contributed by atoms with Crippen molar-refractivity contribution in [3.63, 3.8) is 0 Å². The summed E-state index contributed by atoms with van der Waals surface area (Å²) in [5.41, 5.74) is 0.223. The second-order valence-corrected chi connectivity index (χ2v) is 5.09. The summed E-state index contributed by atoms with van der Waals surface area (Å²) >= 11 is 0. The highest BCUT2D eigenvalue weighted by Crippen LogP contribution is 2.07. The highest BCUT2D eigenvalue weighted by atomic mass is 16.6. The van der Waals surface area contributed by atoms with Gasteiger partial charge in [-0.3, -0.25) is 0 Å². The van der Waals surface area contributed by atoms with Crippen LogP contribution < -0.4 is 5.32 Å². The van der Waals surface area contributed by atoms with Crippen molar-refractivity contribution in [3.8, 4) is 0 Å². The lowest BCUT2D eigenvalue weighted by Crippen LogP contribution is -2.32. The van der Waals surface area contributed by atoms with Gasteiger partial charge in [0.05, 0.1) is 18.8 Å². The van der Waals surface area contributed by atoms with E-state index in [0.29, 0.717) is 12.3 Å². The van der Waals surface area contributed by atoms with E-state index in [9.17, 15) is 9.59 Å². The van der Waals surface area contributed by atoms with Gasteiger partial charge in [-0.15, -0.1) is 0 Å². The van der Waals surface area contributed by atoms with Crippen LogP contribution in [0, 0.1) is 0 Å². The molecule has 1 heterocycles. The van der Waals surface area contributed by atoms with Crippen molar-refractivity contribution in [1.29, 1.82) is 0 Å². The standard InChI is InChI=1S/C14H20N2O4/c1-5-19-12(17)11-8-6-7-10(16-11)9-15-13(18)20-14(2,3)4/h6-8H,5,9H2,1-4H3,(H,15,18). The Hall–Kier alpha value is -2.11. The van der Waals surface area contributed by atoms with Crippen LogP contribution in [0.2, 0.25) is 0 Å². The Balaban J connectivity index is 2.59. The molecular formula is C14H20N2O4. The van der Waals surface area contributed by atoms with Crippen LogP contribution in [0.5, 0.6) is 0 Å². The van der Waals surface area contributed by atoms with E-state index in [1.807, 2.05) is 0 Å². The van der Waals surface area contributed by atoms with Crippen LogP contribution in [-0.4, -0.2) is 29.3 Å². The number of hydrogen-bond donors (Lipinski definition) is 1. The number of amides is 1. The summed E-state index contributed by atoms with van der Waals surface area (Å²) in [6.45, 7) is 7.56. The van der Waals surface area contributed by atoms with E-state index >= 15 is 0 Å². The Morgan fingerprint density at radius 1 is 1.30 bits per heavy atom. The van der Waals surface area contributed by atoms with E-state index in [-0.39, 0.29) is 12.2 Å². The second kappa shape index (κ2) is 6.88. The molecule has 1 N–H and O–H groups in total. The minimum absolute atomic E-state index is 0.183. The second-order valence-electron chi connectivity index (χ2n) is 5.09. The molecule has 0 unspecified atom stereocenters. The predicted molar refractivity (Wildman–Crippen MR) is 73.3 cm³/mol. The summed E-state index contributed by atoms with van der Waals surface area (Å²) in [7, 11) is 0. The molecule has 0 spiro atoms. The third-order valence-corrected chi connectivity index (χ3v) is 2.10. The van der Waals surface area contributed by atoms with Crippen LogP contribution in [0.25, 0.3) is 0 Å². The number of nitrogens with one attached hydrogen (secondary N) is 1. The lowest BCUT2D eigenvalue weighted by atomic mass is 10.2. The first-order chi connectivity index (χ1) is 9.31. The van der Waals surface area contributed by atoms with E-state index in [4.69, 9.17) is 9.47 Å². The monoisotopic (exact) mass is 280 g/mol. The molecule has 6 nitrogen and oxygen atoms in total. The molecule has 1 aromatic rings. The lowest BCUT2D eigenvalue weighted by Gasteiger charge is -2.19. The van der Waals surface area contributed by atoms with E-state index in [0.717, 1.165) is 0 Å². The average molecular weight is 280 g/mol. The molecule has 0 atom stereocenters. The normalized spacial score (nSPS) is 10.8. The number of carbonyl (C=O) groups excluding carboxylic acids is 2. The van der Waals surface area contributed by atoms with Crippen LogP contribution in [0.3, 0.4) is 0 Å². The van der Waals surface area contributed by atoms with Crippen molar-refractivity contribution in [3.05, 3.63) is 29.6 Å². The first-order valence-electron chi connectivity index (χ1n) is 6.41. The highest BCUT2D eigenvalue weighted by molar-refractivity contribution is 5.87. The summed E-state index contributed by atoms with van der Waals surface area (Å²) in [6.07, 6.45) is -0.527. The molecule has 0 saturated heterocycles. The van der Waals surface area contributed by atoms with E-state index in [1.165, 1.54) is 0 Å². The Morgan fingerprint density at radius 3 is 2.60 bits per heavy atom. The molecule has 1 amide bonds. The Kier molecular flexibility index (Phi) is 5.49. The quantitative estimate of drug-likeness (QED) is 0.856. The van der Waals surface area contributed by atoms with E-state index in [2.05, 4.69) is 10.3 Å². The van der Waals surface area contributed by atoms with Crippen molar-refractivity contribution in [1.82, 2.24) is 10.3 Å². The zero-order valence-corrected chi connectivity index (χ0v) is 12.2. The SMILES string of the molecule is CCOC(=O)c1cccc(CNC(=O)OC(C)(C)C)n1. The number of pyridine rings is 1. The Morgan fingerprint density at radius 2 is 2.00 bits per heavy atom. The molecule has 1 aromatic heterocycles. The molecule has 0 aromatic carbocycles. The van der Waals surface area contributed by atoms with E-state index in [1.54, 1.807) is 45.9 Å². The van der Waals surface area contributed by atoms with Crippen molar-refractivity contribution >= 4 is 12.1 Å². The van der Waals surface area contributed by atoms with Crippen LogP contribution in [-0.2, 0) is 16.0 Å². The van der Waals surface area contributed by atoms with Gasteiger partial charge in [0.15, 0.2) is 0 Å². The molecule has 0 aliphatic rings. The largest absolute Gasteiger partial charge is 0.461 e.